The fourth-order valence-electron chi connectivity index (χ4n) is 4.86. The lowest BCUT2D eigenvalue weighted by molar-refractivity contribution is -0.385. The predicted molar refractivity (Wildman–Crippen MR) is 148 cm³/mol. The molecule has 1 aliphatic rings. The molecule has 0 heterocycles. The lowest BCUT2D eigenvalue weighted by Crippen LogP contribution is -2.52. The van der Waals surface area contributed by atoms with Crippen LogP contribution in [0.2, 0.25) is 10.0 Å². The Balaban J connectivity index is 1.71. The molecule has 4 rings (SSSR count). The first-order valence-electron chi connectivity index (χ1n) is 12.6. The number of hydrogen-bond acceptors (Lipinski definition) is 4. The Morgan fingerprint density at radius 3 is 2.34 bits per heavy atom. The zero-order chi connectivity index (χ0) is 27.1. The number of benzene rings is 3. The van der Waals surface area contributed by atoms with Crippen LogP contribution in [-0.2, 0) is 29.0 Å². The molecule has 9 heteroatoms. The number of hydrogen-bond donors (Lipinski definition) is 1. The number of nitrogens with one attached hydrogen (secondary N) is 1. The zero-order valence-corrected chi connectivity index (χ0v) is 22.3. The maximum Gasteiger partial charge on any atom is 0.273 e. The van der Waals surface area contributed by atoms with Crippen LogP contribution in [0.4, 0.5) is 5.69 Å². The van der Waals surface area contributed by atoms with E-state index in [2.05, 4.69) is 5.32 Å². The second kappa shape index (κ2) is 12.9. The van der Waals surface area contributed by atoms with Gasteiger partial charge in [0.2, 0.25) is 11.8 Å². The molecule has 0 bridgehead atoms. The van der Waals surface area contributed by atoms with Gasteiger partial charge < -0.3 is 10.2 Å². The Kier molecular flexibility index (Phi) is 9.37. The van der Waals surface area contributed by atoms with Gasteiger partial charge in [-0.05, 0) is 36.1 Å². The van der Waals surface area contributed by atoms with E-state index in [1.165, 1.54) is 11.0 Å². The standard InChI is InChI=1S/C29H29Cl2N3O4/c30-23-15-14-22(25(31)18-23)19-33(28(35)17-21-10-4-7-13-26(21)34(37)38)27(16-20-8-2-1-3-9-20)29(36)32-24-11-5-6-12-24/h1-4,7-10,13-15,18,24,27H,5-6,11-12,16-17,19H2,(H,32,36)/t27-/m0/s1. The third-order valence-corrected chi connectivity index (χ3v) is 7.45. The molecule has 2 amide bonds. The summed E-state index contributed by atoms with van der Waals surface area (Å²) in [5.74, 6) is -0.658. The van der Waals surface area contributed by atoms with Gasteiger partial charge in [0.15, 0.2) is 0 Å². The second-order valence-electron chi connectivity index (χ2n) is 9.52. The summed E-state index contributed by atoms with van der Waals surface area (Å²) in [6, 6.07) is 19.9. The van der Waals surface area contributed by atoms with E-state index in [4.69, 9.17) is 23.2 Å². The average Bonchev–Trinajstić information content (AvgIpc) is 3.41. The SMILES string of the molecule is O=C(NC1CCCC1)[C@H](Cc1ccccc1)N(Cc1ccc(Cl)cc1Cl)C(=O)Cc1ccccc1[N+](=O)[O-]. The van der Waals surface area contributed by atoms with Crippen LogP contribution < -0.4 is 5.32 Å². The molecule has 1 fully saturated rings. The first-order chi connectivity index (χ1) is 18.3. The van der Waals surface area contributed by atoms with Gasteiger partial charge in [0.25, 0.3) is 5.69 Å². The molecule has 38 heavy (non-hydrogen) atoms. The molecule has 0 unspecified atom stereocenters. The average molecular weight is 554 g/mol. The number of para-hydroxylation sites is 1. The smallest absolute Gasteiger partial charge is 0.273 e. The van der Waals surface area contributed by atoms with Crippen molar-refractivity contribution in [3.63, 3.8) is 0 Å². The van der Waals surface area contributed by atoms with Crippen molar-refractivity contribution in [3.8, 4) is 0 Å². The number of amides is 2. The minimum absolute atomic E-state index is 0.0467. The van der Waals surface area contributed by atoms with Crippen LogP contribution in [0.1, 0.15) is 42.4 Å². The number of nitro benzene ring substituents is 1. The maximum atomic E-state index is 13.9. The van der Waals surface area contributed by atoms with Gasteiger partial charge in [0.1, 0.15) is 6.04 Å². The quantitative estimate of drug-likeness (QED) is 0.241. The van der Waals surface area contributed by atoms with E-state index in [-0.39, 0.29) is 42.6 Å². The van der Waals surface area contributed by atoms with E-state index in [9.17, 15) is 19.7 Å². The summed E-state index contributed by atoms with van der Waals surface area (Å²) in [6.45, 7) is 0.0467. The van der Waals surface area contributed by atoms with Crippen LogP contribution >= 0.6 is 23.2 Å². The van der Waals surface area contributed by atoms with Gasteiger partial charge in [0, 0.05) is 40.7 Å². The van der Waals surface area contributed by atoms with Crippen LogP contribution in [0, 0.1) is 10.1 Å². The summed E-state index contributed by atoms with van der Waals surface area (Å²) >= 11 is 12.6. The highest BCUT2D eigenvalue weighted by Crippen LogP contribution is 2.26. The Morgan fingerprint density at radius 2 is 1.66 bits per heavy atom. The van der Waals surface area contributed by atoms with Crippen molar-refractivity contribution < 1.29 is 14.5 Å². The Hall–Kier alpha value is -3.42. The highest BCUT2D eigenvalue weighted by atomic mass is 35.5. The van der Waals surface area contributed by atoms with Gasteiger partial charge in [0.05, 0.1) is 11.3 Å². The normalized spacial score (nSPS) is 14.2. The van der Waals surface area contributed by atoms with E-state index in [0.717, 1.165) is 31.2 Å². The van der Waals surface area contributed by atoms with Crippen molar-refractivity contribution in [2.45, 2.75) is 57.2 Å². The molecule has 198 valence electrons. The maximum absolute atomic E-state index is 13.9. The monoisotopic (exact) mass is 553 g/mol. The minimum atomic E-state index is -0.847. The van der Waals surface area contributed by atoms with E-state index in [1.807, 2.05) is 30.3 Å². The number of carbonyl (C=O) groups is 2. The van der Waals surface area contributed by atoms with Crippen molar-refractivity contribution in [1.29, 1.82) is 0 Å². The summed E-state index contributed by atoms with van der Waals surface area (Å²) in [6.07, 6.45) is 3.95. The number of nitrogens with zero attached hydrogens (tertiary/aromatic N) is 2. The molecule has 0 radical (unpaired) electrons. The number of carbonyl (C=O) groups excluding carboxylic acids is 2. The molecule has 1 atom stereocenters. The third kappa shape index (κ3) is 7.11. The van der Waals surface area contributed by atoms with Crippen LogP contribution in [0.5, 0.6) is 0 Å². The van der Waals surface area contributed by atoms with Gasteiger partial charge in [-0.1, -0.05) is 90.6 Å². The lowest BCUT2D eigenvalue weighted by Gasteiger charge is -2.32. The van der Waals surface area contributed by atoms with Crippen molar-refractivity contribution in [3.05, 3.63) is 110 Å². The van der Waals surface area contributed by atoms with Crippen LogP contribution in [0.15, 0.2) is 72.8 Å². The van der Waals surface area contributed by atoms with Gasteiger partial charge in [-0.3, -0.25) is 19.7 Å². The summed E-state index contributed by atoms with van der Waals surface area (Å²) in [5, 5.41) is 15.6. The topological polar surface area (TPSA) is 92.6 Å². The second-order valence-corrected chi connectivity index (χ2v) is 10.4. The van der Waals surface area contributed by atoms with Gasteiger partial charge >= 0.3 is 0 Å². The predicted octanol–water partition coefficient (Wildman–Crippen LogP) is 6.14. The molecule has 7 nitrogen and oxygen atoms in total. The molecule has 1 saturated carbocycles. The van der Waals surface area contributed by atoms with Gasteiger partial charge in [-0.25, -0.2) is 0 Å². The highest BCUT2D eigenvalue weighted by Gasteiger charge is 2.33. The number of halogens is 2. The molecular formula is C29H29Cl2N3O4. The summed E-state index contributed by atoms with van der Waals surface area (Å²) < 4.78 is 0. The number of rotatable bonds is 10. The minimum Gasteiger partial charge on any atom is -0.352 e. The van der Waals surface area contributed by atoms with Crippen LogP contribution in [0.3, 0.4) is 0 Å². The first-order valence-corrected chi connectivity index (χ1v) is 13.4. The van der Waals surface area contributed by atoms with Crippen LogP contribution in [0.25, 0.3) is 0 Å². The number of nitro groups is 1. The zero-order valence-electron chi connectivity index (χ0n) is 20.8. The van der Waals surface area contributed by atoms with E-state index in [0.29, 0.717) is 15.6 Å². The van der Waals surface area contributed by atoms with E-state index in [1.54, 1.807) is 36.4 Å². The molecule has 0 spiro atoms. The van der Waals surface area contributed by atoms with Gasteiger partial charge in [-0.15, -0.1) is 0 Å². The Bertz CT molecular complexity index is 1300. The first kappa shape index (κ1) is 27.6. The summed E-state index contributed by atoms with van der Waals surface area (Å²) in [4.78, 5) is 40.2. The van der Waals surface area contributed by atoms with Crippen molar-refractivity contribution in [1.82, 2.24) is 10.2 Å². The molecule has 1 N–H and O–H groups in total. The van der Waals surface area contributed by atoms with Crippen molar-refractivity contribution in [2.75, 3.05) is 0 Å². The highest BCUT2D eigenvalue weighted by molar-refractivity contribution is 6.35. The van der Waals surface area contributed by atoms with Crippen molar-refractivity contribution in [2.24, 2.45) is 0 Å². The Morgan fingerprint density at radius 1 is 0.974 bits per heavy atom. The molecule has 3 aromatic carbocycles. The fourth-order valence-corrected chi connectivity index (χ4v) is 5.33. The molecule has 0 saturated heterocycles. The third-order valence-electron chi connectivity index (χ3n) is 6.86. The van der Waals surface area contributed by atoms with E-state index < -0.39 is 16.9 Å². The lowest BCUT2D eigenvalue weighted by atomic mass is 10.0. The fraction of sp³-hybridized carbons (Fsp3) is 0.310. The van der Waals surface area contributed by atoms with E-state index >= 15 is 0 Å². The van der Waals surface area contributed by atoms with Gasteiger partial charge in [-0.2, -0.15) is 0 Å². The van der Waals surface area contributed by atoms with Crippen molar-refractivity contribution >= 4 is 40.7 Å². The molecule has 1 aliphatic carbocycles. The van der Waals surface area contributed by atoms with Crippen LogP contribution in [-0.4, -0.2) is 33.7 Å². The molecule has 0 aliphatic heterocycles. The molecule has 3 aromatic rings. The summed E-state index contributed by atoms with van der Waals surface area (Å²) in [5.41, 5.74) is 1.66. The Labute approximate surface area is 231 Å². The summed E-state index contributed by atoms with van der Waals surface area (Å²) in [7, 11) is 0. The largest absolute Gasteiger partial charge is 0.352 e. The molecule has 0 aromatic heterocycles. The molecular weight excluding hydrogens is 525 g/mol.